The van der Waals surface area contributed by atoms with Gasteiger partial charge in [0.1, 0.15) is 17.3 Å². The first-order valence-corrected chi connectivity index (χ1v) is 6.25. The minimum absolute atomic E-state index is 0.125. The minimum Gasteiger partial charge on any atom is -0.495 e. The summed E-state index contributed by atoms with van der Waals surface area (Å²) in [6.45, 7) is 0. The average molecular weight is 309 g/mol. The Morgan fingerprint density at radius 2 is 1.90 bits per heavy atom. The monoisotopic (exact) mass is 308 g/mol. The molecule has 0 aliphatic heterocycles. The molecule has 1 aromatic heterocycles. The Morgan fingerprint density at radius 1 is 1.19 bits per heavy atom. The van der Waals surface area contributed by atoms with E-state index in [0.29, 0.717) is 22.2 Å². The molecule has 2 rings (SSSR count). The molecule has 3 N–H and O–H groups in total. The van der Waals surface area contributed by atoms with Crippen molar-refractivity contribution in [2.45, 2.75) is 0 Å². The van der Waals surface area contributed by atoms with Crippen molar-refractivity contribution in [2.24, 2.45) is 0 Å². The van der Waals surface area contributed by atoms with E-state index in [9.17, 15) is 4.79 Å². The third-order valence-electron chi connectivity index (χ3n) is 2.64. The molecule has 0 aliphatic carbocycles. The molecule has 0 unspecified atom stereocenters. The Labute approximate surface area is 126 Å². The maximum Gasteiger partial charge on any atom is 0.276 e. The SMILES string of the molecule is COc1cc(NC(=O)c2ccc(N)nn2)c(OC)cc1Cl. The van der Waals surface area contributed by atoms with Gasteiger partial charge in [0.2, 0.25) is 0 Å². The molecule has 7 nitrogen and oxygen atoms in total. The molecule has 1 amide bonds. The molecule has 110 valence electrons. The number of aromatic nitrogens is 2. The summed E-state index contributed by atoms with van der Waals surface area (Å²) in [6, 6.07) is 6.06. The van der Waals surface area contributed by atoms with Crippen molar-refractivity contribution in [3.05, 3.63) is 35.0 Å². The number of halogens is 1. The quantitative estimate of drug-likeness (QED) is 0.896. The van der Waals surface area contributed by atoms with Crippen LogP contribution in [0.25, 0.3) is 0 Å². The van der Waals surface area contributed by atoms with Gasteiger partial charge in [0.05, 0.1) is 24.9 Å². The highest BCUT2D eigenvalue weighted by molar-refractivity contribution is 6.32. The Bertz CT molecular complexity index is 661. The maximum absolute atomic E-state index is 12.1. The number of hydrogen-bond donors (Lipinski definition) is 2. The first-order chi connectivity index (χ1) is 10.0. The van der Waals surface area contributed by atoms with Crippen molar-refractivity contribution in [3.8, 4) is 11.5 Å². The summed E-state index contributed by atoms with van der Waals surface area (Å²) in [5.41, 5.74) is 5.95. The molecule has 0 saturated heterocycles. The second-order valence-corrected chi connectivity index (χ2v) is 4.39. The Kier molecular flexibility index (Phi) is 4.44. The second kappa shape index (κ2) is 6.27. The van der Waals surface area contributed by atoms with Crippen molar-refractivity contribution in [1.82, 2.24) is 10.2 Å². The number of ether oxygens (including phenoxy) is 2. The van der Waals surface area contributed by atoms with Crippen molar-refractivity contribution >= 4 is 29.0 Å². The lowest BCUT2D eigenvalue weighted by Gasteiger charge is -2.12. The minimum atomic E-state index is -0.454. The van der Waals surface area contributed by atoms with Gasteiger partial charge < -0.3 is 20.5 Å². The van der Waals surface area contributed by atoms with Gasteiger partial charge in [-0.15, -0.1) is 10.2 Å². The van der Waals surface area contributed by atoms with Gasteiger partial charge in [-0.25, -0.2) is 0 Å². The van der Waals surface area contributed by atoms with E-state index < -0.39 is 5.91 Å². The van der Waals surface area contributed by atoms with Gasteiger partial charge in [0.15, 0.2) is 5.69 Å². The number of nitrogen functional groups attached to an aromatic ring is 1. The van der Waals surface area contributed by atoms with Crippen LogP contribution >= 0.6 is 11.6 Å². The fourth-order valence-corrected chi connectivity index (χ4v) is 1.84. The fraction of sp³-hybridized carbons (Fsp3) is 0.154. The lowest BCUT2D eigenvalue weighted by atomic mass is 10.2. The van der Waals surface area contributed by atoms with E-state index in [1.807, 2.05) is 0 Å². The molecule has 1 aromatic carbocycles. The third kappa shape index (κ3) is 3.32. The van der Waals surface area contributed by atoms with E-state index in [-0.39, 0.29) is 11.5 Å². The predicted molar refractivity (Wildman–Crippen MR) is 79.0 cm³/mol. The molecule has 0 radical (unpaired) electrons. The van der Waals surface area contributed by atoms with Gasteiger partial charge in [-0.2, -0.15) is 0 Å². The third-order valence-corrected chi connectivity index (χ3v) is 2.94. The molecule has 1 heterocycles. The standard InChI is InChI=1S/C13H13ClN4O3/c1-20-10-6-9(11(21-2)5-7(10)14)16-13(19)8-3-4-12(15)18-17-8/h3-6H,1-2H3,(H2,15,18)(H,16,19). The van der Waals surface area contributed by atoms with Crippen LogP contribution in [0.1, 0.15) is 10.5 Å². The van der Waals surface area contributed by atoms with E-state index >= 15 is 0 Å². The molecule has 0 fully saturated rings. The molecule has 0 atom stereocenters. The molecular formula is C13H13ClN4O3. The maximum atomic E-state index is 12.1. The molecule has 0 bridgehead atoms. The number of benzene rings is 1. The van der Waals surface area contributed by atoms with Crippen molar-refractivity contribution in [1.29, 1.82) is 0 Å². The summed E-state index contributed by atoms with van der Waals surface area (Å²) >= 11 is 6.00. The molecule has 8 heteroatoms. The van der Waals surface area contributed by atoms with E-state index in [4.69, 9.17) is 26.8 Å². The number of anilines is 2. The number of amides is 1. The van der Waals surface area contributed by atoms with E-state index in [1.54, 1.807) is 12.1 Å². The van der Waals surface area contributed by atoms with Crippen molar-refractivity contribution < 1.29 is 14.3 Å². The molecule has 2 aromatic rings. The van der Waals surface area contributed by atoms with Gasteiger partial charge in [-0.05, 0) is 12.1 Å². The zero-order valence-corrected chi connectivity index (χ0v) is 12.1. The van der Waals surface area contributed by atoms with Crippen LogP contribution < -0.4 is 20.5 Å². The topological polar surface area (TPSA) is 99.4 Å². The summed E-state index contributed by atoms with van der Waals surface area (Å²) < 4.78 is 10.3. The van der Waals surface area contributed by atoms with Crippen molar-refractivity contribution in [3.63, 3.8) is 0 Å². The number of methoxy groups -OCH3 is 2. The van der Waals surface area contributed by atoms with Gasteiger partial charge in [0.25, 0.3) is 5.91 Å². The van der Waals surface area contributed by atoms with E-state index in [2.05, 4.69) is 15.5 Å². The molecular weight excluding hydrogens is 296 g/mol. The average Bonchev–Trinajstić information content (AvgIpc) is 2.49. The smallest absolute Gasteiger partial charge is 0.276 e. The fourth-order valence-electron chi connectivity index (χ4n) is 1.61. The first-order valence-electron chi connectivity index (χ1n) is 5.87. The van der Waals surface area contributed by atoms with Gasteiger partial charge >= 0.3 is 0 Å². The van der Waals surface area contributed by atoms with Crippen LogP contribution in [-0.2, 0) is 0 Å². The number of nitrogens with one attached hydrogen (secondary N) is 1. The molecule has 0 saturated carbocycles. The number of nitrogens with zero attached hydrogens (tertiary/aromatic N) is 2. The normalized spacial score (nSPS) is 10.0. The molecule has 0 spiro atoms. The van der Waals surface area contributed by atoms with Crippen molar-refractivity contribution in [2.75, 3.05) is 25.3 Å². The molecule has 21 heavy (non-hydrogen) atoms. The molecule has 0 aliphatic rings. The highest BCUT2D eigenvalue weighted by atomic mass is 35.5. The summed E-state index contributed by atoms with van der Waals surface area (Å²) in [5.74, 6) is 0.594. The zero-order chi connectivity index (χ0) is 15.4. The lowest BCUT2D eigenvalue weighted by molar-refractivity contribution is 0.102. The van der Waals surface area contributed by atoms with Crippen LogP contribution in [-0.4, -0.2) is 30.3 Å². The zero-order valence-electron chi connectivity index (χ0n) is 11.4. The van der Waals surface area contributed by atoms with Gasteiger partial charge in [-0.3, -0.25) is 4.79 Å². The van der Waals surface area contributed by atoms with Crippen LogP contribution in [0.3, 0.4) is 0 Å². The Balaban J connectivity index is 2.29. The predicted octanol–water partition coefficient (Wildman–Crippen LogP) is 1.98. The second-order valence-electron chi connectivity index (χ2n) is 3.98. The van der Waals surface area contributed by atoms with Gasteiger partial charge in [0, 0.05) is 12.1 Å². The summed E-state index contributed by atoms with van der Waals surface area (Å²) in [6.07, 6.45) is 0. The first kappa shape index (κ1) is 14.9. The summed E-state index contributed by atoms with van der Waals surface area (Å²) in [4.78, 5) is 12.1. The Morgan fingerprint density at radius 3 is 2.48 bits per heavy atom. The number of rotatable bonds is 4. The Hall–Kier alpha value is -2.54. The van der Waals surface area contributed by atoms with Crippen LogP contribution in [0, 0.1) is 0 Å². The lowest BCUT2D eigenvalue weighted by Crippen LogP contribution is -2.15. The largest absolute Gasteiger partial charge is 0.495 e. The highest BCUT2D eigenvalue weighted by Crippen LogP contribution is 2.35. The van der Waals surface area contributed by atoms with Crippen LogP contribution in [0.5, 0.6) is 11.5 Å². The van der Waals surface area contributed by atoms with Gasteiger partial charge in [-0.1, -0.05) is 11.6 Å². The number of nitrogens with two attached hydrogens (primary N) is 1. The number of hydrogen-bond acceptors (Lipinski definition) is 6. The summed E-state index contributed by atoms with van der Waals surface area (Å²) in [5, 5.41) is 10.4. The number of carbonyl (C=O) groups excluding carboxylic acids is 1. The van der Waals surface area contributed by atoms with E-state index in [1.165, 1.54) is 26.4 Å². The van der Waals surface area contributed by atoms with Crippen LogP contribution in [0.2, 0.25) is 5.02 Å². The van der Waals surface area contributed by atoms with E-state index in [0.717, 1.165) is 0 Å². The summed E-state index contributed by atoms with van der Waals surface area (Å²) in [7, 11) is 2.95. The highest BCUT2D eigenvalue weighted by Gasteiger charge is 2.14. The van der Waals surface area contributed by atoms with Crippen LogP contribution in [0.15, 0.2) is 24.3 Å². The van der Waals surface area contributed by atoms with Crippen LogP contribution in [0.4, 0.5) is 11.5 Å². The number of carbonyl (C=O) groups is 1.